The Morgan fingerprint density at radius 2 is 1.62 bits per heavy atom. The van der Waals surface area contributed by atoms with Crippen molar-refractivity contribution in [3.05, 3.63) is 60.2 Å². The number of likely N-dealkylation sites (tertiary alicyclic amines) is 1. The molecule has 6 heteroatoms. The van der Waals surface area contributed by atoms with Crippen LogP contribution in [0.2, 0.25) is 0 Å². The van der Waals surface area contributed by atoms with Gasteiger partial charge in [-0.15, -0.1) is 12.4 Å². The van der Waals surface area contributed by atoms with Gasteiger partial charge in [0.05, 0.1) is 6.42 Å². The summed E-state index contributed by atoms with van der Waals surface area (Å²) in [6.07, 6.45) is 1.78. The molecule has 1 heterocycles. The third-order valence-electron chi connectivity index (χ3n) is 4.59. The van der Waals surface area contributed by atoms with Crippen molar-refractivity contribution in [1.82, 2.24) is 4.90 Å². The first-order valence-electron chi connectivity index (χ1n) is 8.60. The molecule has 0 unspecified atom stereocenters. The molecule has 2 amide bonds. The summed E-state index contributed by atoms with van der Waals surface area (Å²) in [6, 6.07) is 16.8. The number of benzene rings is 2. The van der Waals surface area contributed by atoms with Gasteiger partial charge < -0.3 is 16.0 Å². The predicted molar refractivity (Wildman–Crippen MR) is 106 cm³/mol. The summed E-state index contributed by atoms with van der Waals surface area (Å²) in [6.45, 7) is 1.25. The molecule has 0 radical (unpaired) electrons. The maximum absolute atomic E-state index is 12.4. The average Bonchev–Trinajstić information content (AvgIpc) is 2.64. The summed E-state index contributed by atoms with van der Waals surface area (Å²) < 4.78 is 0. The van der Waals surface area contributed by atoms with Gasteiger partial charge in [-0.05, 0) is 42.7 Å². The Kier molecular flexibility index (Phi) is 7.04. The molecule has 26 heavy (non-hydrogen) atoms. The molecule has 2 aromatic rings. The lowest BCUT2D eigenvalue weighted by Crippen LogP contribution is -2.42. The molecule has 1 saturated heterocycles. The number of rotatable bonds is 4. The number of piperidine rings is 1. The number of carbonyl (C=O) groups excluding carboxylic acids is 2. The Morgan fingerprint density at radius 3 is 2.23 bits per heavy atom. The van der Waals surface area contributed by atoms with E-state index in [1.54, 1.807) is 0 Å². The first-order valence-corrected chi connectivity index (χ1v) is 8.60. The molecule has 2 aromatic carbocycles. The second kappa shape index (κ2) is 9.25. The zero-order valence-electron chi connectivity index (χ0n) is 14.6. The third-order valence-corrected chi connectivity index (χ3v) is 4.59. The second-order valence-electron chi connectivity index (χ2n) is 6.43. The van der Waals surface area contributed by atoms with Gasteiger partial charge in [0.1, 0.15) is 0 Å². The Morgan fingerprint density at radius 1 is 1.00 bits per heavy atom. The summed E-state index contributed by atoms with van der Waals surface area (Å²) in [4.78, 5) is 26.6. The minimum Gasteiger partial charge on any atom is -0.399 e. The molecule has 0 aliphatic carbocycles. The molecule has 0 spiro atoms. The number of anilines is 2. The zero-order valence-corrected chi connectivity index (χ0v) is 15.4. The molecule has 3 rings (SSSR count). The van der Waals surface area contributed by atoms with Crippen molar-refractivity contribution in [2.45, 2.75) is 19.3 Å². The fourth-order valence-electron chi connectivity index (χ4n) is 3.08. The van der Waals surface area contributed by atoms with E-state index in [4.69, 9.17) is 5.73 Å². The lowest BCUT2D eigenvalue weighted by Gasteiger charge is -2.31. The van der Waals surface area contributed by atoms with Gasteiger partial charge in [0.2, 0.25) is 11.8 Å². The number of nitrogens with two attached hydrogens (primary N) is 1. The lowest BCUT2D eigenvalue weighted by molar-refractivity contribution is -0.133. The average molecular weight is 374 g/mol. The Bertz CT molecular complexity index is 726. The van der Waals surface area contributed by atoms with Crippen molar-refractivity contribution < 1.29 is 9.59 Å². The van der Waals surface area contributed by atoms with Gasteiger partial charge in [0, 0.05) is 30.4 Å². The van der Waals surface area contributed by atoms with Crippen LogP contribution in [0.15, 0.2) is 54.6 Å². The molecule has 1 fully saturated rings. The minimum atomic E-state index is -0.0409. The van der Waals surface area contributed by atoms with E-state index in [2.05, 4.69) is 5.32 Å². The Hall–Kier alpha value is -2.53. The SMILES string of the molecule is Cl.Nc1ccc(CC(=O)N2CCC(C(=O)Nc3ccccc3)CC2)cc1. The highest BCUT2D eigenvalue weighted by Gasteiger charge is 2.27. The fraction of sp³-hybridized carbons (Fsp3) is 0.300. The highest BCUT2D eigenvalue weighted by Crippen LogP contribution is 2.20. The van der Waals surface area contributed by atoms with E-state index in [0.29, 0.717) is 38.0 Å². The van der Waals surface area contributed by atoms with Crippen molar-refractivity contribution in [3.8, 4) is 0 Å². The van der Waals surface area contributed by atoms with E-state index in [9.17, 15) is 9.59 Å². The second-order valence-corrected chi connectivity index (χ2v) is 6.43. The fourth-order valence-corrected chi connectivity index (χ4v) is 3.08. The van der Waals surface area contributed by atoms with Crippen LogP contribution in [0.25, 0.3) is 0 Å². The molecular weight excluding hydrogens is 350 g/mol. The van der Waals surface area contributed by atoms with Crippen molar-refractivity contribution in [1.29, 1.82) is 0 Å². The summed E-state index contributed by atoms with van der Waals surface area (Å²) >= 11 is 0. The molecule has 1 aliphatic heterocycles. The summed E-state index contributed by atoms with van der Waals surface area (Å²) in [5, 5.41) is 2.95. The number of carbonyl (C=O) groups is 2. The summed E-state index contributed by atoms with van der Waals surface area (Å²) in [5.74, 6) is 0.101. The van der Waals surface area contributed by atoms with E-state index in [0.717, 1.165) is 11.3 Å². The quantitative estimate of drug-likeness (QED) is 0.808. The van der Waals surface area contributed by atoms with Gasteiger partial charge in [0.25, 0.3) is 0 Å². The van der Waals surface area contributed by atoms with E-state index >= 15 is 0 Å². The van der Waals surface area contributed by atoms with Crippen molar-refractivity contribution in [2.24, 2.45) is 5.92 Å². The van der Waals surface area contributed by atoms with Crippen molar-refractivity contribution in [3.63, 3.8) is 0 Å². The van der Waals surface area contributed by atoms with Crippen LogP contribution in [0.5, 0.6) is 0 Å². The minimum absolute atomic E-state index is 0. The molecule has 0 atom stereocenters. The lowest BCUT2D eigenvalue weighted by atomic mass is 9.95. The number of nitrogen functional groups attached to an aromatic ring is 1. The van der Waals surface area contributed by atoms with Crippen LogP contribution in [-0.2, 0) is 16.0 Å². The van der Waals surface area contributed by atoms with Crippen LogP contribution in [0, 0.1) is 5.92 Å². The van der Waals surface area contributed by atoms with E-state index in [1.807, 2.05) is 59.5 Å². The highest BCUT2D eigenvalue weighted by atomic mass is 35.5. The monoisotopic (exact) mass is 373 g/mol. The van der Waals surface area contributed by atoms with Gasteiger partial charge in [-0.2, -0.15) is 0 Å². The van der Waals surface area contributed by atoms with Crippen LogP contribution in [0.4, 0.5) is 11.4 Å². The smallest absolute Gasteiger partial charge is 0.227 e. The number of amides is 2. The molecular formula is C20H24ClN3O2. The number of nitrogens with one attached hydrogen (secondary N) is 1. The number of hydrogen-bond acceptors (Lipinski definition) is 3. The summed E-state index contributed by atoms with van der Waals surface area (Å²) in [5.41, 5.74) is 8.14. The standard InChI is InChI=1S/C20H23N3O2.ClH/c21-17-8-6-15(7-9-17)14-19(24)23-12-10-16(11-13-23)20(25)22-18-4-2-1-3-5-18;/h1-9,16H,10-14,21H2,(H,22,25);1H. The zero-order chi connectivity index (χ0) is 17.6. The molecule has 0 aromatic heterocycles. The number of halogens is 1. The van der Waals surface area contributed by atoms with E-state index < -0.39 is 0 Å². The van der Waals surface area contributed by atoms with Gasteiger partial charge in [-0.1, -0.05) is 30.3 Å². The predicted octanol–water partition coefficient (Wildman–Crippen LogP) is 3.11. The molecule has 0 bridgehead atoms. The van der Waals surface area contributed by atoms with E-state index in [-0.39, 0.29) is 30.1 Å². The maximum atomic E-state index is 12.4. The molecule has 3 N–H and O–H groups in total. The first kappa shape index (κ1) is 19.8. The number of hydrogen-bond donors (Lipinski definition) is 2. The molecule has 5 nitrogen and oxygen atoms in total. The first-order chi connectivity index (χ1) is 12.1. The molecule has 138 valence electrons. The third kappa shape index (κ3) is 5.23. The van der Waals surface area contributed by atoms with Gasteiger partial charge in [0.15, 0.2) is 0 Å². The largest absolute Gasteiger partial charge is 0.399 e. The Labute approximate surface area is 160 Å². The number of nitrogens with zero attached hydrogens (tertiary/aromatic N) is 1. The topological polar surface area (TPSA) is 75.4 Å². The molecule has 0 saturated carbocycles. The van der Waals surface area contributed by atoms with Crippen molar-refractivity contribution in [2.75, 3.05) is 24.1 Å². The van der Waals surface area contributed by atoms with Gasteiger partial charge in [-0.3, -0.25) is 9.59 Å². The van der Waals surface area contributed by atoms with Crippen LogP contribution < -0.4 is 11.1 Å². The Balaban J connectivity index is 0.00000243. The summed E-state index contributed by atoms with van der Waals surface area (Å²) in [7, 11) is 0. The van der Waals surface area contributed by atoms with Crippen LogP contribution in [0.1, 0.15) is 18.4 Å². The van der Waals surface area contributed by atoms with Crippen LogP contribution in [-0.4, -0.2) is 29.8 Å². The van der Waals surface area contributed by atoms with Gasteiger partial charge >= 0.3 is 0 Å². The van der Waals surface area contributed by atoms with E-state index in [1.165, 1.54) is 0 Å². The van der Waals surface area contributed by atoms with Crippen LogP contribution >= 0.6 is 12.4 Å². The van der Waals surface area contributed by atoms with Crippen molar-refractivity contribution >= 4 is 35.6 Å². The van der Waals surface area contributed by atoms with Gasteiger partial charge in [-0.25, -0.2) is 0 Å². The normalized spacial score (nSPS) is 14.4. The van der Waals surface area contributed by atoms with Crippen LogP contribution in [0.3, 0.4) is 0 Å². The highest BCUT2D eigenvalue weighted by molar-refractivity contribution is 5.92. The maximum Gasteiger partial charge on any atom is 0.227 e. The molecule has 1 aliphatic rings. The number of para-hydroxylation sites is 1.